The van der Waals surface area contributed by atoms with Gasteiger partial charge < -0.3 is 5.32 Å². The fraction of sp³-hybridized carbons (Fsp3) is 0.125. The van der Waals surface area contributed by atoms with Crippen molar-refractivity contribution in [2.45, 2.75) is 18.9 Å². The molecule has 28 heavy (non-hydrogen) atoms. The van der Waals surface area contributed by atoms with E-state index in [0.29, 0.717) is 5.56 Å². The highest BCUT2D eigenvalue weighted by Gasteiger charge is 2.24. The van der Waals surface area contributed by atoms with Crippen LogP contribution in [0.4, 0.5) is 8.78 Å². The minimum Gasteiger partial charge on any atom is -0.349 e. The van der Waals surface area contributed by atoms with E-state index in [4.69, 9.17) is 0 Å². The van der Waals surface area contributed by atoms with Crippen molar-refractivity contribution in [1.29, 1.82) is 0 Å². The molecular formula is C24H19F2NO. The lowest BCUT2D eigenvalue weighted by Crippen LogP contribution is -2.35. The molecule has 0 spiro atoms. The molecule has 1 aliphatic carbocycles. The Morgan fingerprint density at radius 3 is 2.25 bits per heavy atom. The van der Waals surface area contributed by atoms with Gasteiger partial charge in [-0.25, -0.2) is 8.78 Å². The second-order valence-corrected chi connectivity index (χ2v) is 6.96. The van der Waals surface area contributed by atoms with Gasteiger partial charge in [0.25, 0.3) is 5.91 Å². The average molecular weight is 375 g/mol. The van der Waals surface area contributed by atoms with Crippen LogP contribution in [0.15, 0.2) is 66.7 Å². The number of hydrogen-bond donors (Lipinski definition) is 1. The maximum atomic E-state index is 13.0. The van der Waals surface area contributed by atoms with Gasteiger partial charge in [0.2, 0.25) is 0 Å². The molecule has 0 radical (unpaired) electrons. The lowest BCUT2D eigenvalue weighted by Gasteiger charge is -2.12. The Morgan fingerprint density at radius 2 is 1.54 bits per heavy atom. The van der Waals surface area contributed by atoms with Crippen molar-refractivity contribution in [3.05, 3.63) is 106 Å². The minimum absolute atomic E-state index is 0.00734. The van der Waals surface area contributed by atoms with Crippen LogP contribution in [-0.4, -0.2) is 11.9 Å². The van der Waals surface area contributed by atoms with E-state index in [-0.39, 0.29) is 23.6 Å². The smallest absolute Gasteiger partial charge is 0.251 e. The van der Waals surface area contributed by atoms with Gasteiger partial charge in [0.05, 0.1) is 0 Å². The van der Waals surface area contributed by atoms with Crippen molar-refractivity contribution in [3.63, 3.8) is 0 Å². The number of benzene rings is 3. The number of carbonyl (C=O) groups is 1. The van der Waals surface area contributed by atoms with Crippen molar-refractivity contribution in [1.82, 2.24) is 5.32 Å². The molecule has 1 unspecified atom stereocenters. The summed E-state index contributed by atoms with van der Waals surface area (Å²) < 4.78 is 26.1. The predicted octanol–water partition coefficient (Wildman–Crippen LogP) is 5.03. The second-order valence-electron chi connectivity index (χ2n) is 6.96. The number of amides is 1. The zero-order valence-electron chi connectivity index (χ0n) is 15.2. The van der Waals surface area contributed by atoms with Gasteiger partial charge in [0.1, 0.15) is 11.6 Å². The SMILES string of the molecule is O=C(NC1Cc2cccc(C=Cc3ccc(F)cc3)c2C1)c1ccc(F)cc1. The van der Waals surface area contributed by atoms with Crippen LogP contribution in [0.2, 0.25) is 0 Å². The zero-order chi connectivity index (χ0) is 19.5. The maximum Gasteiger partial charge on any atom is 0.251 e. The van der Waals surface area contributed by atoms with E-state index in [2.05, 4.69) is 11.4 Å². The van der Waals surface area contributed by atoms with Gasteiger partial charge in [-0.15, -0.1) is 0 Å². The van der Waals surface area contributed by atoms with E-state index in [0.717, 1.165) is 24.0 Å². The fourth-order valence-corrected chi connectivity index (χ4v) is 3.57. The summed E-state index contributed by atoms with van der Waals surface area (Å²) in [5.41, 5.74) is 4.91. The molecule has 1 N–H and O–H groups in total. The Bertz CT molecular complexity index is 1020. The van der Waals surface area contributed by atoms with Crippen LogP contribution in [0.1, 0.15) is 32.6 Å². The molecule has 0 saturated heterocycles. The predicted molar refractivity (Wildman–Crippen MR) is 107 cm³/mol. The molecule has 140 valence electrons. The van der Waals surface area contributed by atoms with Crippen LogP contribution < -0.4 is 5.32 Å². The number of carbonyl (C=O) groups excluding carboxylic acids is 1. The van der Waals surface area contributed by atoms with E-state index < -0.39 is 0 Å². The molecule has 4 heteroatoms. The van der Waals surface area contributed by atoms with Crippen LogP contribution in [-0.2, 0) is 12.8 Å². The highest BCUT2D eigenvalue weighted by Crippen LogP contribution is 2.27. The van der Waals surface area contributed by atoms with Crippen molar-refractivity contribution in [3.8, 4) is 0 Å². The van der Waals surface area contributed by atoms with Gasteiger partial charge in [0.15, 0.2) is 0 Å². The highest BCUT2D eigenvalue weighted by atomic mass is 19.1. The van der Waals surface area contributed by atoms with Gasteiger partial charge >= 0.3 is 0 Å². The Hall–Kier alpha value is -3.27. The Kier molecular flexibility index (Phi) is 5.02. The van der Waals surface area contributed by atoms with E-state index in [9.17, 15) is 13.6 Å². The molecule has 0 aromatic heterocycles. The molecule has 3 aromatic carbocycles. The molecule has 0 saturated carbocycles. The maximum absolute atomic E-state index is 13.0. The van der Waals surface area contributed by atoms with Crippen molar-refractivity contribution in [2.75, 3.05) is 0 Å². The highest BCUT2D eigenvalue weighted by molar-refractivity contribution is 5.94. The lowest BCUT2D eigenvalue weighted by molar-refractivity contribution is 0.0938. The molecule has 0 heterocycles. The molecular weight excluding hydrogens is 356 g/mol. The fourth-order valence-electron chi connectivity index (χ4n) is 3.57. The first kappa shape index (κ1) is 18.1. The molecule has 1 amide bonds. The summed E-state index contributed by atoms with van der Waals surface area (Å²) in [7, 11) is 0. The van der Waals surface area contributed by atoms with E-state index in [1.165, 1.54) is 47.5 Å². The summed E-state index contributed by atoms with van der Waals surface area (Å²) >= 11 is 0. The lowest BCUT2D eigenvalue weighted by atomic mass is 10.0. The second kappa shape index (κ2) is 7.77. The quantitative estimate of drug-likeness (QED) is 0.637. The Balaban J connectivity index is 1.47. The van der Waals surface area contributed by atoms with E-state index in [1.54, 1.807) is 12.1 Å². The third-order valence-electron chi connectivity index (χ3n) is 4.99. The first-order chi connectivity index (χ1) is 13.6. The van der Waals surface area contributed by atoms with Gasteiger partial charge in [-0.2, -0.15) is 0 Å². The molecule has 1 aliphatic rings. The summed E-state index contributed by atoms with van der Waals surface area (Å²) in [6.45, 7) is 0. The summed E-state index contributed by atoms with van der Waals surface area (Å²) in [6, 6.07) is 18.0. The molecule has 0 bridgehead atoms. The van der Waals surface area contributed by atoms with Crippen LogP contribution in [0.5, 0.6) is 0 Å². The number of halogens is 2. The third-order valence-corrected chi connectivity index (χ3v) is 4.99. The number of fused-ring (bicyclic) bond motifs is 1. The number of nitrogens with one attached hydrogen (secondary N) is 1. The van der Waals surface area contributed by atoms with Crippen LogP contribution >= 0.6 is 0 Å². The average Bonchev–Trinajstić information content (AvgIpc) is 3.11. The molecule has 0 aliphatic heterocycles. The zero-order valence-corrected chi connectivity index (χ0v) is 15.2. The van der Waals surface area contributed by atoms with Crippen molar-refractivity contribution in [2.24, 2.45) is 0 Å². The van der Waals surface area contributed by atoms with Crippen LogP contribution in [0.3, 0.4) is 0 Å². The van der Waals surface area contributed by atoms with E-state index >= 15 is 0 Å². The first-order valence-electron chi connectivity index (χ1n) is 9.19. The normalized spacial score (nSPS) is 15.6. The van der Waals surface area contributed by atoms with Crippen LogP contribution in [0, 0.1) is 11.6 Å². The van der Waals surface area contributed by atoms with Gasteiger partial charge in [-0.05, 0) is 71.5 Å². The molecule has 3 aromatic rings. The Morgan fingerprint density at radius 1 is 0.857 bits per heavy atom. The molecule has 0 fully saturated rings. The molecule has 2 nitrogen and oxygen atoms in total. The summed E-state index contributed by atoms with van der Waals surface area (Å²) in [6.07, 6.45) is 5.49. The molecule has 1 atom stereocenters. The monoisotopic (exact) mass is 375 g/mol. The largest absolute Gasteiger partial charge is 0.349 e. The van der Waals surface area contributed by atoms with Crippen molar-refractivity contribution >= 4 is 18.1 Å². The first-order valence-corrected chi connectivity index (χ1v) is 9.19. The number of hydrogen-bond acceptors (Lipinski definition) is 1. The standard InChI is InChI=1S/C24H19F2NO/c25-20-10-5-16(6-11-20)4-7-17-2-1-3-19-14-22(15-23(17)19)27-24(28)18-8-12-21(26)13-9-18/h1-13,22H,14-15H2,(H,27,28). The third kappa shape index (κ3) is 4.01. The Labute approximate surface area is 162 Å². The minimum atomic E-state index is -0.359. The van der Waals surface area contributed by atoms with E-state index in [1.807, 2.05) is 24.3 Å². The van der Waals surface area contributed by atoms with Crippen LogP contribution in [0.25, 0.3) is 12.2 Å². The summed E-state index contributed by atoms with van der Waals surface area (Å²) in [5, 5.41) is 3.04. The number of rotatable bonds is 4. The van der Waals surface area contributed by atoms with Crippen molar-refractivity contribution < 1.29 is 13.6 Å². The summed E-state index contributed by atoms with van der Waals surface area (Å²) in [4.78, 5) is 12.4. The topological polar surface area (TPSA) is 29.1 Å². The van der Waals surface area contributed by atoms with Gasteiger partial charge in [-0.1, -0.05) is 42.5 Å². The van der Waals surface area contributed by atoms with Gasteiger partial charge in [-0.3, -0.25) is 4.79 Å². The summed E-state index contributed by atoms with van der Waals surface area (Å²) in [5.74, 6) is -0.805. The van der Waals surface area contributed by atoms with Gasteiger partial charge in [0, 0.05) is 11.6 Å². The molecule has 4 rings (SSSR count).